The molecule has 0 saturated heterocycles. The zero-order valence-electron chi connectivity index (χ0n) is 12.4. The normalized spacial score (nSPS) is 12.6. The van der Waals surface area contributed by atoms with Crippen LogP contribution in [0.4, 0.5) is 0 Å². The van der Waals surface area contributed by atoms with Gasteiger partial charge in [-0.05, 0) is 46.9 Å². The van der Waals surface area contributed by atoms with Crippen LogP contribution in [0.5, 0.6) is 0 Å². The molecule has 0 nitrogen and oxygen atoms in total. The molecule has 0 amide bonds. The summed E-state index contributed by atoms with van der Waals surface area (Å²) in [5.41, 5.74) is 5.51. The van der Waals surface area contributed by atoms with Gasteiger partial charge in [-0.2, -0.15) is 0 Å². The quantitative estimate of drug-likeness (QED) is 0.562. The van der Waals surface area contributed by atoms with Crippen molar-refractivity contribution in [1.29, 1.82) is 0 Å². The van der Waals surface area contributed by atoms with Gasteiger partial charge in [0.25, 0.3) is 0 Å². The second-order valence-corrected chi connectivity index (χ2v) is 5.62. The molecule has 0 bridgehead atoms. The summed E-state index contributed by atoms with van der Waals surface area (Å²) in [6.45, 7) is 6.66. The lowest BCUT2D eigenvalue weighted by atomic mass is 9.90. The van der Waals surface area contributed by atoms with Crippen molar-refractivity contribution in [2.24, 2.45) is 0 Å². The van der Waals surface area contributed by atoms with Crippen LogP contribution >= 0.6 is 0 Å². The van der Waals surface area contributed by atoms with Gasteiger partial charge in [0.2, 0.25) is 0 Å². The van der Waals surface area contributed by atoms with Gasteiger partial charge in [-0.1, -0.05) is 67.6 Å². The third kappa shape index (κ3) is 2.22. The second kappa shape index (κ2) is 5.13. The summed E-state index contributed by atoms with van der Waals surface area (Å²) >= 11 is 0. The Morgan fingerprint density at radius 3 is 2.25 bits per heavy atom. The summed E-state index contributed by atoms with van der Waals surface area (Å²) in [5, 5.41) is 2.71. The third-order valence-corrected chi connectivity index (χ3v) is 4.38. The predicted molar refractivity (Wildman–Crippen MR) is 87.4 cm³/mol. The van der Waals surface area contributed by atoms with E-state index in [1.165, 1.54) is 33.0 Å². The van der Waals surface area contributed by atoms with Crippen LogP contribution < -0.4 is 0 Å². The molecular weight excluding hydrogens is 240 g/mol. The van der Waals surface area contributed by atoms with Gasteiger partial charge < -0.3 is 0 Å². The second-order valence-electron chi connectivity index (χ2n) is 5.62. The van der Waals surface area contributed by atoms with E-state index in [9.17, 15) is 0 Å². The van der Waals surface area contributed by atoms with Gasteiger partial charge in [-0.3, -0.25) is 0 Å². The number of hydrogen-bond donors (Lipinski definition) is 0. The van der Waals surface area contributed by atoms with Crippen LogP contribution in [0.1, 0.15) is 35.1 Å². The first-order valence-electron chi connectivity index (χ1n) is 7.21. The van der Waals surface area contributed by atoms with Crippen molar-refractivity contribution >= 4 is 10.8 Å². The number of hydrogen-bond acceptors (Lipinski definition) is 0. The smallest absolute Gasteiger partial charge is 0.00612 e. The molecule has 0 heteroatoms. The average Bonchev–Trinajstić information content (AvgIpc) is 2.51. The minimum Gasteiger partial charge on any atom is -0.0622 e. The van der Waals surface area contributed by atoms with Crippen LogP contribution in [-0.2, 0) is 0 Å². The molecule has 0 saturated carbocycles. The van der Waals surface area contributed by atoms with E-state index in [0.717, 1.165) is 0 Å². The molecule has 0 radical (unpaired) electrons. The highest BCUT2D eigenvalue weighted by Crippen LogP contribution is 2.29. The third-order valence-electron chi connectivity index (χ3n) is 4.38. The molecule has 3 rings (SSSR count). The van der Waals surface area contributed by atoms with Gasteiger partial charge in [-0.15, -0.1) is 0 Å². The van der Waals surface area contributed by atoms with Gasteiger partial charge >= 0.3 is 0 Å². The Hall–Kier alpha value is -2.08. The Balaban J connectivity index is 2.08. The van der Waals surface area contributed by atoms with Crippen LogP contribution in [0, 0.1) is 13.8 Å². The maximum atomic E-state index is 2.33. The summed E-state index contributed by atoms with van der Waals surface area (Å²) in [6.07, 6.45) is 0. The Kier molecular flexibility index (Phi) is 3.31. The molecular formula is C20H20. The lowest BCUT2D eigenvalue weighted by molar-refractivity contribution is 0.925. The molecule has 1 atom stereocenters. The van der Waals surface area contributed by atoms with Crippen molar-refractivity contribution in [2.45, 2.75) is 26.7 Å². The predicted octanol–water partition coefficient (Wildman–Crippen LogP) is 5.61. The van der Waals surface area contributed by atoms with Crippen molar-refractivity contribution in [2.75, 3.05) is 0 Å². The zero-order chi connectivity index (χ0) is 14.1. The summed E-state index contributed by atoms with van der Waals surface area (Å²) in [4.78, 5) is 0. The molecule has 100 valence electrons. The van der Waals surface area contributed by atoms with Crippen molar-refractivity contribution in [3.8, 4) is 0 Å². The molecule has 1 unspecified atom stereocenters. The monoisotopic (exact) mass is 260 g/mol. The van der Waals surface area contributed by atoms with Gasteiger partial charge in [0.15, 0.2) is 0 Å². The summed E-state index contributed by atoms with van der Waals surface area (Å²) in [7, 11) is 0. The van der Waals surface area contributed by atoms with Crippen LogP contribution in [0.25, 0.3) is 10.8 Å². The van der Waals surface area contributed by atoms with E-state index in [4.69, 9.17) is 0 Å². The highest BCUT2D eigenvalue weighted by Gasteiger charge is 2.09. The fourth-order valence-electron chi connectivity index (χ4n) is 2.82. The van der Waals surface area contributed by atoms with E-state index in [1.54, 1.807) is 0 Å². The number of aryl methyl sites for hydroxylation is 2. The van der Waals surface area contributed by atoms with E-state index in [-0.39, 0.29) is 0 Å². The Labute approximate surface area is 121 Å². The van der Waals surface area contributed by atoms with E-state index >= 15 is 0 Å². The van der Waals surface area contributed by atoms with E-state index in [1.807, 2.05) is 0 Å². The highest BCUT2D eigenvalue weighted by molar-refractivity contribution is 5.87. The maximum absolute atomic E-state index is 2.33. The average molecular weight is 260 g/mol. The molecule has 3 aromatic carbocycles. The molecule has 0 heterocycles. The topological polar surface area (TPSA) is 0 Å². The fraction of sp³-hybridized carbons (Fsp3) is 0.200. The van der Waals surface area contributed by atoms with Crippen LogP contribution in [-0.4, -0.2) is 0 Å². The van der Waals surface area contributed by atoms with Gasteiger partial charge in [-0.25, -0.2) is 0 Å². The maximum Gasteiger partial charge on any atom is 0.00612 e. The van der Waals surface area contributed by atoms with Crippen molar-refractivity contribution in [3.63, 3.8) is 0 Å². The molecule has 0 N–H and O–H groups in total. The molecule has 0 spiro atoms. The van der Waals surface area contributed by atoms with Crippen molar-refractivity contribution in [1.82, 2.24) is 0 Å². The highest BCUT2D eigenvalue weighted by atomic mass is 14.1. The summed E-state index contributed by atoms with van der Waals surface area (Å²) < 4.78 is 0. The molecule has 0 fully saturated rings. The van der Waals surface area contributed by atoms with Gasteiger partial charge in [0, 0.05) is 5.92 Å². The molecule has 20 heavy (non-hydrogen) atoms. The van der Waals surface area contributed by atoms with Crippen LogP contribution in [0.3, 0.4) is 0 Å². The van der Waals surface area contributed by atoms with Crippen LogP contribution in [0.15, 0.2) is 60.7 Å². The Morgan fingerprint density at radius 2 is 1.50 bits per heavy atom. The molecule has 0 aliphatic rings. The van der Waals surface area contributed by atoms with Crippen molar-refractivity contribution < 1.29 is 0 Å². The van der Waals surface area contributed by atoms with E-state index in [0.29, 0.717) is 5.92 Å². The molecule has 0 aliphatic carbocycles. The molecule has 3 aromatic rings. The first kappa shape index (κ1) is 12.9. The first-order chi connectivity index (χ1) is 9.66. The standard InChI is InChI=1S/C20H20/c1-14-9-10-19-13-18(11-12-20(19)15(14)2)16(3)17-7-5-4-6-8-17/h4-13,16H,1-3H3. The fourth-order valence-corrected chi connectivity index (χ4v) is 2.82. The van der Waals surface area contributed by atoms with E-state index < -0.39 is 0 Å². The zero-order valence-corrected chi connectivity index (χ0v) is 12.4. The minimum absolute atomic E-state index is 0.433. The summed E-state index contributed by atoms with van der Waals surface area (Å²) in [6, 6.07) is 22.0. The van der Waals surface area contributed by atoms with Crippen molar-refractivity contribution in [3.05, 3.63) is 82.9 Å². The van der Waals surface area contributed by atoms with E-state index in [2.05, 4.69) is 81.4 Å². The SMILES string of the molecule is Cc1ccc2cc(C(C)c3ccccc3)ccc2c1C. The minimum atomic E-state index is 0.433. The van der Waals surface area contributed by atoms with Gasteiger partial charge in [0.05, 0.1) is 0 Å². The molecule has 0 aromatic heterocycles. The Morgan fingerprint density at radius 1 is 0.750 bits per heavy atom. The Bertz CT molecular complexity index is 739. The number of fused-ring (bicyclic) bond motifs is 1. The first-order valence-corrected chi connectivity index (χ1v) is 7.21. The lowest BCUT2D eigenvalue weighted by Crippen LogP contribution is -1.96. The number of rotatable bonds is 2. The molecule has 0 aliphatic heterocycles. The largest absolute Gasteiger partial charge is 0.0622 e. The summed E-state index contributed by atoms with van der Waals surface area (Å²) in [5.74, 6) is 0.433. The lowest BCUT2D eigenvalue weighted by Gasteiger charge is -2.14. The number of benzene rings is 3. The van der Waals surface area contributed by atoms with Crippen LogP contribution in [0.2, 0.25) is 0 Å². The van der Waals surface area contributed by atoms with Gasteiger partial charge in [0.1, 0.15) is 0 Å².